The fourth-order valence-electron chi connectivity index (χ4n) is 3.27. The molecule has 1 aromatic rings. The highest BCUT2D eigenvalue weighted by atomic mass is 16.5. The van der Waals surface area contributed by atoms with Gasteiger partial charge in [0.15, 0.2) is 5.69 Å². The number of hydrogen-bond donors (Lipinski definition) is 1. The van der Waals surface area contributed by atoms with Crippen LogP contribution in [0.4, 0.5) is 0 Å². The van der Waals surface area contributed by atoms with E-state index < -0.39 is 0 Å². The van der Waals surface area contributed by atoms with Crippen molar-refractivity contribution in [2.75, 3.05) is 0 Å². The first-order valence-electron chi connectivity index (χ1n) is 9.00. The van der Waals surface area contributed by atoms with Crippen molar-refractivity contribution < 1.29 is 9.32 Å². The zero-order valence-corrected chi connectivity index (χ0v) is 16.0. The first-order chi connectivity index (χ1) is 10.7. The average molecular weight is 322 g/mol. The molecule has 1 unspecified atom stereocenters. The predicted molar refractivity (Wildman–Crippen MR) is 94.7 cm³/mol. The molecule has 0 aromatic carbocycles. The summed E-state index contributed by atoms with van der Waals surface area (Å²) in [5.41, 5.74) is 1.04. The molecule has 0 bridgehead atoms. The van der Waals surface area contributed by atoms with Gasteiger partial charge in [-0.05, 0) is 39.0 Å². The van der Waals surface area contributed by atoms with Gasteiger partial charge in [0.1, 0.15) is 5.76 Å². The Hall–Kier alpha value is -1.32. The molecule has 1 rings (SSSR count). The molecule has 0 radical (unpaired) electrons. The maximum atomic E-state index is 12.7. The van der Waals surface area contributed by atoms with Gasteiger partial charge in [-0.2, -0.15) is 0 Å². The van der Waals surface area contributed by atoms with Crippen LogP contribution in [0.15, 0.2) is 4.52 Å². The van der Waals surface area contributed by atoms with E-state index in [9.17, 15) is 4.79 Å². The molecule has 1 atom stereocenters. The minimum Gasteiger partial charge on any atom is -0.360 e. The van der Waals surface area contributed by atoms with Crippen LogP contribution < -0.4 is 5.32 Å². The Morgan fingerprint density at radius 3 is 2.26 bits per heavy atom. The number of nitrogens with one attached hydrogen (secondary N) is 1. The van der Waals surface area contributed by atoms with Crippen LogP contribution in [0.1, 0.15) is 95.5 Å². The monoisotopic (exact) mass is 322 g/mol. The number of nitrogens with zero attached hydrogens (tertiary/aromatic N) is 1. The first kappa shape index (κ1) is 19.7. The second-order valence-electron chi connectivity index (χ2n) is 7.43. The van der Waals surface area contributed by atoms with Crippen molar-refractivity contribution in [3.63, 3.8) is 0 Å². The van der Waals surface area contributed by atoms with Crippen molar-refractivity contribution in [3.8, 4) is 0 Å². The molecule has 1 heterocycles. The Kier molecular flexibility index (Phi) is 6.84. The van der Waals surface area contributed by atoms with E-state index in [1.807, 2.05) is 13.8 Å². The molecule has 0 aliphatic rings. The number of amides is 1. The van der Waals surface area contributed by atoms with Crippen LogP contribution in [-0.2, 0) is 6.42 Å². The van der Waals surface area contributed by atoms with Crippen molar-refractivity contribution in [2.24, 2.45) is 5.41 Å². The van der Waals surface area contributed by atoms with Crippen LogP contribution in [0.2, 0.25) is 0 Å². The van der Waals surface area contributed by atoms with E-state index in [1.165, 1.54) is 12.8 Å². The third-order valence-electron chi connectivity index (χ3n) is 5.38. The minimum atomic E-state index is -0.299. The molecule has 0 spiro atoms. The van der Waals surface area contributed by atoms with E-state index >= 15 is 0 Å². The van der Waals surface area contributed by atoms with Gasteiger partial charge in [-0.3, -0.25) is 4.79 Å². The maximum absolute atomic E-state index is 12.7. The Morgan fingerprint density at radius 1 is 1.13 bits per heavy atom. The van der Waals surface area contributed by atoms with Crippen molar-refractivity contribution in [3.05, 3.63) is 17.0 Å². The number of aromatic nitrogens is 1. The fourth-order valence-corrected chi connectivity index (χ4v) is 3.27. The summed E-state index contributed by atoms with van der Waals surface area (Å²) in [6.45, 7) is 14.9. The topological polar surface area (TPSA) is 55.1 Å². The summed E-state index contributed by atoms with van der Waals surface area (Å²) in [5.74, 6) is 0.657. The Bertz CT molecular complexity index is 519. The van der Waals surface area contributed by atoms with Crippen molar-refractivity contribution in [2.45, 2.75) is 92.5 Å². The number of carbonyl (C=O) groups is 1. The third-order valence-corrected chi connectivity index (χ3v) is 5.38. The lowest BCUT2D eigenvalue weighted by molar-refractivity contribution is 0.0697. The van der Waals surface area contributed by atoms with Crippen LogP contribution in [0.25, 0.3) is 0 Å². The number of hydrogen-bond acceptors (Lipinski definition) is 3. The molecular formula is C19H34N2O2. The summed E-state index contributed by atoms with van der Waals surface area (Å²) < 4.78 is 5.27. The van der Waals surface area contributed by atoms with Crippen LogP contribution in [0, 0.1) is 12.3 Å². The van der Waals surface area contributed by atoms with Crippen molar-refractivity contribution in [1.82, 2.24) is 10.5 Å². The summed E-state index contributed by atoms with van der Waals surface area (Å²) in [5, 5.41) is 7.20. The molecule has 1 aromatic heterocycles. The molecular weight excluding hydrogens is 288 g/mol. The van der Waals surface area contributed by atoms with Gasteiger partial charge in [-0.15, -0.1) is 0 Å². The number of carbonyl (C=O) groups excluding carboxylic acids is 1. The third kappa shape index (κ3) is 4.36. The quantitative estimate of drug-likeness (QED) is 0.692. The number of unbranched alkanes of at least 4 members (excludes halogenated alkanes) is 1. The average Bonchev–Trinajstić information content (AvgIpc) is 2.85. The summed E-state index contributed by atoms with van der Waals surface area (Å²) in [6, 6.07) is 0. The minimum absolute atomic E-state index is 0.0681. The lowest BCUT2D eigenvalue weighted by Crippen LogP contribution is -2.55. The first-order valence-corrected chi connectivity index (χ1v) is 9.00. The Balaban J connectivity index is 2.97. The molecule has 0 fully saturated rings. The zero-order valence-electron chi connectivity index (χ0n) is 16.0. The van der Waals surface area contributed by atoms with Gasteiger partial charge in [0.25, 0.3) is 5.91 Å². The van der Waals surface area contributed by atoms with Crippen LogP contribution in [-0.4, -0.2) is 16.6 Å². The van der Waals surface area contributed by atoms with Gasteiger partial charge in [0.2, 0.25) is 0 Å². The standard InChI is InChI=1S/C19H34N2O2/c1-8-11-13-19(7,12-9-2)18(5,6)20-17(22)16-14(4)15(10-3)23-21-16/h8-13H2,1-7H3,(H,20,22). The molecule has 0 saturated heterocycles. The highest BCUT2D eigenvalue weighted by molar-refractivity contribution is 5.94. The van der Waals surface area contributed by atoms with E-state index in [0.29, 0.717) is 5.69 Å². The normalized spacial score (nSPS) is 14.6. The summed E-state index contributed by atoms with van der Waals surface area (Å²) in [4.78, 5) is 12.7. The molecule has 132 valence electrons. The van der Waals surface area contributed by atoms with Crippen LogP contribution >= 0.6 is 0 Å². The molecule has 0 saturated carbocycles. The van der Waals surface area contributed by atoms with E-state index in [0.717, 1.165) is 37.0 Å². The zero-order chi connectivity index (χ0) is 17.7. The molecule has 4 nitrogen and oxygen atoms in total. The lowest BCUT2D eigenvalue weighted by Gasteiger charge is -2.45. The number of rotatable bonds is 9. The Morgan fingerprint density at radius 2 is 1.78 bits per heavy atom. The smallest absolute Gasteiger partial charge is 0.274 e. The maximum Gasteiger partial charge on any atom is 0.274 e. The van der Waals surface area contributed by atoms with E-state index in [4.69, 9.17) is 4.52 Å². The molecule has 0 aliphatic carbocycles. The predicted octanol–water partition coefficient (Wildman–Crippen LogP) is 5.05. The number of aryl methyl sites for hydroxylation is 1. The van der Waals surface area contributed by atoms with Crippen LogP contribution in [0.5, 0.6) is 0 Å². The van der Waals surface area contributed by atoms with Crippen molar-refractivity contribution in [1.29, 1.82) is 0 Å². The molecule has 1 amide bonds. The second-order valence-corrected chi connectivity index (χ2v) is 7.43. The van der Waals surface area contributed by atoms with E-state index in [2.05, 4.69) is 45.1 Å². The molecule has 1 N–H and O–H groups in total. The summed E-state index contributed by atoms with van der Waals surface area (Å²) >= 11 is 0. The molecule has 23 heavy (non-hydrogen) atoms. The SMILES string of the molecule is CCCCC(C)(CCC)C(C)(C)NC(=O)c1noc(CC)c1C. The Labute approximate surface area is 141 Å². The second kappa shape index (κ2) is 7.98. The van der Waals surface area contributed by atoms with Crippen molar-refractivity contribution >= 4 is 5.91 Å². The van der Waals surface area contributed by atoms with E-state index in [1.54, 1.807) is 0 Å². The van der Waals surface area contributed by atoms with Gasteiger partial charge < -0.3 is 9.84 Å². The largest absolute Gasteiger partial charge is 0.360 e. The van der Waals surface area contributed by atoms with Gasteiger partial charge >= 0.3 is 0 Å². The van der Waals surface area contributed by atoms with Gasteiger partial charge in [0.05, 0.1) is 0 Å². The van der Waals surface area contributed by atoms with Gasteiger partial charge in [-0.1, -0.05) is 52.1 Å². The summed E-state index contributed by atoms with van der Waals surface area (Å²) in [7, 11) is 0. The fraction of sp³-hybridized carbons (Fsp3) is 0.789. The van der Waals surface area contributed by atoms with Gasteiger partial charge in [-0.25, -0.2) is 0 Å². The lowest BCUT2D eigenvalue weighted by atomic mass is 9.67. The molecule has 0 aliphatic heterocycles. The van der Waals surface area contributed by atoms with Gasteiger partial charge in [0, 0.05) is 17.5 Å². The molecule has 4 heteroatoms. The summed E-state index contributed by atoms with van der Waals surface area (Å²) in [6.07, 6.45) is 6.42. The van der Waals surface area contributed by atoms with E-state index in [-0.39, 0.29) is 16.9 Å². The van der Waals surface area contributed by atoms with Crippen LogP contribution in [0.3, 0.4) is 0 Å². The highest BCUT2D eigenvalue weighted by Gasteiger charge is 2.41. The highest BCUT2D eigenvalue weighted by Crippen LogP contribution is 2.40.